The molecule has 0 N–H and O–H groups in total. The van der Waals surface area contributed by atoms with Crippen LogP contribution in [0.5, 0.6) is 11.5 Å². The Morgan fingerprint density at radius 3 is 2.67 bits per heavy atom. The lowest BCUT2D eigenvalue weighted by molar-refractivity contribution is -0.139. The van der Waals surface area contributed by atoms with Crippen molar-refractivity contribution >= 4 is 11.8 Å². The highest BCUT2D eigenvalue weighted by atomic mass is 16.7. The lowest BCUT2D eigenvalue weighted by Gasteiger charge is -2.32. The quantitative estimate of drug-likeness (QED) is 0.804. The zero-order chi connectivity index (χ0) is 16.5. The number of carbonyl (C=O) groups is 2. The van der Waals surface area contributed by atoms with Gasteiger partial charge in [0.15, 0.2) is 11.5 Å². The van der Waals surface area contributed by atoms with Crippen molar-refractivity contribution < 1.29 is 23.8 Å². The number of ether oxygens (including phenoxy) is 3. The van der Waals surface area contributed by atoms with E-state index < -0.39 is 0 Å². The Labute approximate surface area is 140 Å². The number of rotatable bonds is 2. The molecular formula is C17H20N2O5. The van der Waals surface area contributed by atoms with Crippen LogP contribution in [0.2, 0.25) is 0 Å². The van der Waals surface area contributed by atoms with Gasteiger partial charge in [-0.1, -0.05) is 0 Å². The molecule has 7 nitrogen and oxygen atoms in total. The Morgan fingerprint density at radius 2 is 1.83 bits per heavy atom. The Kier molecular flexibility index (Phi) is 4.02. The number of hydrogen-bond donors (Lipinski definition) is 0. The average Bonchev–Trinajstić information content (AvgIpc) is 3.29. The minimum Gasteiger partial charge on any atom is -0.454 e. The molecule has 3 aliphatic rings. The first-order chi connectivity index (χ1) is 11.7. The predicted octanol–water partition coefficient (Wildman–Crippen LogP) is 0.879. The first kappa shape index (κ1) is 15.3. The monoisotopic (exact) mass is 332 g/mol. The average molecular weight is 332 g/mol. The van der Waals surface area contributed by atoms with Gasteiger partial charge in [0.05, 0.1) is 13.2 Å². The van der Waals surface area contributed by atoms with E-state index >= 15 is 0 Å². The lowest BCUT2D eigenvalue weighted by atomic mass is 10.1. The van der Waals surface area contributed by atoms with E-state index in [9.17, 15) is 9.59 Å². The second kappa shape index (κ2) is 6.32. The number of amides is 2. The number of carbonyl (C=O) groups excluding carboxylic acids is 2. The van der Waals surface area contributed by atoms with E-state index in [4.69, 9.17) is 14.2 Å². The molecule has 2 saturated heterocycles. The van der Waals surface area contributed by atoms with Crippen molar-refractivity contribution in [2.45, 2.75) is 18.9 Å². The summed E-state index contributed by atoms with van der Waals surface area (Å²) in [6.07, 6.45) is 1.56. The van der Waals surface area contributed by atoms with Gasteiger partial charge in [-0.15, -0.1) is 0 Å². The normalized spacial score (nSPS) is 22.8. The number of hydrogen-bond acceptors (Lipinski definition) is 5. The molecule has 1 aromatic rings. The SMILES string of the molecule is O=C([C@H]1CCCN1C(=O)c1ccc2c(c1)OCO2)N1CCOCC1. The molecule has 24 heavy (non-hydrogen) atoms. The summed E-state index contributed by atoms with van der Waals surface area (Å²) in [5, 5.41) is 0. The number of morpholine rings is 1. The minimum atomic E-state index is -0.374. The highest BCUT2D eigenvalue weighted by Gasteiger charge is 2.37. The van der Waals surface area contributed by atoms with E-state index in [1.54, 1.807) is 28.0 Å². The zero-order valence-electron chi connectivity index (χ0n) is 13.4. The number of nitrogens with zero attached hydrogens (tertiary/aromatic N) is 2. The third-order valence-electron chi connectivity index (χ3n) is 4.74. The molecule has 1 atom stereocenters. The molecule has 2 amide bonds. The van der Waals surface area contributed by atoms with Gasteiger partial charge in [-0.2, -0.15) is 0 Å². The van der Waals surface area contributed by atoms with E-state index in [1.165, 1.54) is 0 Å². The Balaban J connectivity index is 1.51. The summed E-state index contributed by atoms with van der Waals surface area (Å²) in [6, 6.07) is 4.79. The highest BCUT2D eigenvalue weighted by Crippen LogP contribution is 2.33. The summed E-state index contributed by atoms with van der Waals surface area (Å²) in [5.41, 5.74) is 0.529. The van der Waals surface area contributed by atoms with Crippen molar-refractivity contribution in [1.82, 2.24) is 9.80 Å². The van der Waals surface area contributed by atoms with E-state index in [0.29, 0.717) is 56.3 Å². The minimum absolute atomic E-state index is 0.0323. The van der Waals surface area contributed by atoms with Crippen LogP contribution in [0.25, 0.3) is 0 Å². The molecule has 4 rings (SSSR count). The third-order valence-corrected chi connectivity index (χ3v) is 4.74. The van der Waals surface area contributed by atoms with Gasteiger partial charge in [0.2, 0.25) is 12.7 Å². The van der Waals surface area contributed by atoms with Crippen molar-refractivity contribution in [3.63, 3.8) is 0 Å². The van der Waals surface area contributed by atoms with Gasteiger partial charge in [0.1, 0.15) is 6.04 Å². The molecule has 0 bridgehead atoms. The van der Waals surface area contributed by atoms with Crippen molar-refractivity contribution in [1.29, 1.82) is 0 Å². The van der Waals surface area contributed by atoms with Crippen LogP contribution in [0.4, 0.5) is 0 Å². The van der Waals surface area contributed by atoms with Gasteiger partial charge < -0.3 is 24.0 Å². The summed E-state index contributed by atoms with van der Waals surface area (Å²) < 4.78 is 15.9. The molecule has 0 unspecified atom stereocenters. The fourth-order valence-electron chi connectivity index (χ4n) is 3.46. The molecule has 3 aliphatic heterocycles. The van der Waals surface area contributed by atoms with E-state index in [2.05, 4.69) is 0 Å². The Hall–Kier alpha value is -2.28. The number of fused-ring (bicyclic) bond motifs is 1. The maximum atomic E-state index is 12.9. The van der Waals surface area contributed by atoms with Crippen molar-refractivity contribution in [2.24, 2.45) is 0 Å². The Morgan fingerprint density at radius 1 is 1.04 bits per heavy atom. The maximum absolute atomic E-state index is 12.9. The fourth-order valence-corrected chi connectivity index (χ4v) is 3.46. The van der Waals surface area contributed by atoms with Crippen molar-refractivity contribution in [3.05, 3.63) is 23.8 Å². The van der Waals surface area contributed by atoms with Gasteiger partial charge in [0, 0.05) is 25.2 Å². The van der Waals surface area contributed by atoms with Crippen LogP contribution in [0.3, 0.4) is 0 Å². The summed E-state index contributed by atoms with van der Waals surface area (Å²) in [4.78, 5) is 29.1. The Bertz CT molecular complexity index is 656. The molecule has 0 radical (unpaired) electrons. The van der Waals surface area contributed by atoms with E-state index in [1.807, 2.05) is 0 Å². The fraction of sp³-hybridized carbons (Fsp3) is 0.529. The molecule has 2 fully saturated rings. The number of likely N-dealkylation sites (tertiary alicyclic amines) is 1. The second-order valence-corrected chi connectivity index (χ2v) is 6.16. The molecule has 0 saturated carbocycles. The van der Waals surface area contributed by atoms with Gasteiger partial charge in [0.25, 0.3) is 5.91 Å². The first-order valence-corrected chi connectivity index (χ1v) is 8.31. The van der Waals surface area contributed by atoms with Crippen molar-refractivity contribution in [2.75, 3.05) is 39.6 Å². The van der Waals surface area contributed by atoms with Crippen LogP contribution in [0, 0.1) is 0 Å². The third kappa shape index (κ3) is 2.69. The topological polar surface area (TPSA) is 68.3 Å². The van der Waals surface area contributed by atoms with Crippen molar-refractivity contribution in [3.8, 4) is 11.5 Å². The largest absolute Gasteiger partial charge is 0.454 e. The lowest BCUT2D eigenvalue weighted by Crippen LogP contribution is -2.51. The van der Waals surface area contributed by atoms with E-state index in [-0.39, 0.29) is 24.6 Å². The van der Waals surface area contributed by atoms with Crippen LogP contribution < -0.4 is 9.47 Å². The van der Waals surface area contributed by atoms with Gasteiger partial charge in [-0.25, -0.2) is 0 Å². The summed E-state index contributed by atoms with van der Waals surface area (Å²) in [5.74, 6) is 1.13. The van der Waals surface area contributed by atoms with Gasteiger partial charge >= 0.3 is 0 Å². The molecule has 0 spiro atoms. The second-order valence-electron chi connectivity index (χ2n) is 6.16. The summed E-state index contributed by atoms with van der Waals surface area (Å²) >= 11 is 0. The first-order valence-electron chi connectivity index (χ1n) is 8.31. The summed E-state index contributed by atoms with van der Waals surface area (Å²) in [6.45, 7) is 3.11. The molecule has 128 valence electrons. The molecule has 1 aromatic carbocycles. The molecule has 0 aliphatic carbocycles. The summed E-state index contributed by atoms with van der Waals surface area (Å²) in [7, 11) is 0. The van der Waals surface area contributed by atoms with Crippen LogP contribution in [-0.2, 0) is 9.53 Å². The molecular weight excluding hydrogens is 312 g/mol. The molecule has 3 heterocycles. The number of benzene rings is 1. The van der Waals surface area contributed by atoms with Gasteiger partial charge in [-0.3, -0.25) is 9.59 Å². The van der Waals surface area contributed by atoms with Crippen LogP contribution in [-0.4, -0.2) is 67.3 Å². The maximum Gasteiger partial charge on any atom is 0.254 e. The highest BCUT2D eigenvalue weighted by molar-refractivity contribution is 5.98. The van der Waals surface area contributed by atoms with E-state index in [0.717, 1.165) is 6.42 Å². The predicted molar refractivity (Wildman–Crippen MR) is 84.0 cm³/mol. The molecule has 0 aromatic heterocycles. The smallest absolute Gasteiger partial charge is 0.254 e. The van der Waals surface area contributed by atoms with Crippen LogP contribution in [0.1, 0.15) is 23.2 Å². The molecule has 7 heteroatoms. The van der Waals surface area contributed by atoms with Gasteiger partial charge in [-0.05, 0) is 31.0 Å². The van der Waals surface area contributed by atoms with Crippen LogP contribution in [0.15, 0.2) is 18.2 Å². The van der Waals surface area contributed by atoms with Crippen LogP contribution >= 0.6 is 0 Å². The standard InChI is InChI=1S/C17H20N2O5/c20-16(12-3-4-14-15(10-12)24-11-23-14)19-5-1-2-13(19)17(21)18-6-8-22-9-7-18/h3-4,10,13H,1-2,5-9,11H2/t13-/m1/s1. The zero-order valence-corrected chi connectivity index (χ0v) is 13.4.